The van der Waals surface area contributed by atoms with Gasteiger partial charge < -0.3 is 5.32 Å². The van der Waals surface area contributed by atoms with E-state index in [2.05, 4.69) is 218 Å². The molecule has 0 amide bonds. The second-order valence-electron chi connectivity index (χ2n) is 14.2. The summed E-state index contributed by atoms with van der Waals surface area (Å²) in [6.45, 7) is 0. The second kappa shape index (κ2) is 14.5. The maximum Gasteiger partial charge on any atom is 0.133 e. The standard InChI is InChI=1S/C53H37N3/c1-5-17-36(18-6-1)40-25-15-27-42(31-40)49-35-50(56-53(55-49)43-28-16-26-41(32-43)37-19-7-2-8-20-37)47-34-51-52(45-30-14-13-29-44(45)47)46(38-21-9-3-10-22-38)33-48(54-51)39-23-11-4-12-24-39/h1-35,50H,(H,55,56). The maximum absolute atomic E-state index is 5.53. The minimum absolute atomic E-state index is 0.293. The summed E-state index contributed by atoms with van der Waals surface area (Å²) in [5, 5.41) is 7.25. The molecule has 0 fully saturated rings. The van der Waals surface area contributed by atoms with Gasteiger partial charge >= 0.3 is 0 Å². The first kappa shape index (κ1) is 33.2. The molecular formula is C53H37N3. The van der Waals surface area contributed by atoms with Crippen molar-refractivity contribution < 1.29 is 0 Å². The third-order valence-electron chi connectivity index (χ3n) is 10.7. The minimum atomic E-state index is -0.293. The molecule has 10 rings (SSSR count). The molecule has 0 saturated carbocycles. The Morgan fingerprint density at radius 3 is 1.54 bits per heavy atom. The molecule has 9 aromatic rings. The van der Waals surface area contributed by atoms with E-state index in [1.54, 1.807) is 0 Å². The van der Waals surface area contributed by atoms with Crippen LogP contribution in [0, 0.1) is 0 Å². The van der Waals surface area contributed by atoms with E-state index >= 15 is 0 Å². The summed E-state index contributed by atoms with van der Waals surface area (Å²) in [7, 11) is 0. The summed E-state index contributed by atoms with van der Waals surface area (Å²) in [6, 6.07) is 72.7. The highest BCUT2D eigenvalue weighted by molar-refractivity contribution is 6.15. The third-order valence-corrected chi connectivity index (χ3v) is 10.7. The van der Waals surface area contributed by atoms with Crippen LogP contribution in [0.5, 0.6) is 0 Å². The predicted octanol–water partition coefficient (Wildman–Crippen LogP) is 13.2. The number of benzene rings is 8. The van der Waals surface area contributed by atoms with Gasteiger partial charge in [0.1, 0.15) is 5.84 Å². The third kappa shape index (κ3) is 6.36. The van der Waals surface area contributed by atoms with Crippen molar-refractivity contribution in [3.8, 4) is 44.6 Å². The van der Waals surface area contributed by atoms with Gasteiger partial charge in [0.2, 0.25) is 0 Å². The van der Waals surface area contributed by atoms with E-state index in [1.165, 1.54) is 22.3 Å². The Bertz CT molecular complexity index is 2820. The molecule has 56 heavy (non-hydrogen) atoms. The lowest BCUT2D eigenvalue weighted by Crippen LogP contribution is -2.27. The number of aromatic nitrogens is 1. The second-order valence-corrected chi connectivity index (χ2v) is 14.2. The minimum Gasteiger partial charge on any atom is -0.340 e. The number of amidine groups is 1. The van der Waals surface area contributed by atoms with Crippen LogP contribution in [0.4, 0.5) is 0 Å². The van der Waals surface area contributed by atoms with E-state index in [9.17, 15) is 0 Å². The predicted molar refractivity (Wildman–Crippen MR) is 234 cm³/mol. The Labute approximate surface area is 327 Å². The number of nitrogens with zero attached hydrogens (tertiary/aromatic N) is 2. The highest BCUT2D eigenvalue weighted by atomic mass is 15.0. The van der Waals surface area contributed by atoms with Crippen molar-refractivity contribution in [2.75, 3.05) is 0 Å². The van der Waals surface area contributed by atoms with Crippen molar-refractivity contribution >= 4 is 33.2 Å². The lowest BCUT2D eigenvalue weighted by molar-refractivity contribution is 0.890. The van der Waals surface area contributed by atoms with Crippen molar-refractivity contribution in [1.82, 2.24) is 10.3 Å². The van der Waals surface area contributed by atoms with Crippen molar-refractivity contribution in [3.05, 3.63) is 229 Å². The molecular weight excluding hydrogens is 679 g/mol. The molecule has 0 aliphatic carbocycles. The molecule has 3 nitrogen and oxygen atoms in total. The van der Waals surface area contributed by atoms with Crippen LogP contribution in [0.15, 0.2) is 217 Å². The fraction of sp³-hybridized carbons (Fsp3) is 0.0189. The van der Waals surface area contributed by atoms with Crippen molar-refractivity contribution in [2.24, 2.45) is 4.99 Å². The van der Waals surface area contributed by atoms with Gasteiger partial charge in [0.25, 0.3) is 0 Å². The van der Waals surface area contributed by atoms with Crippen LogP contribution in [0.1, 0.15) is 22.7 Å². The SMILES string of the molecule is C1=C(c2cccc(-c3ccccc3)c2)NC(c2cccc(-c3ccccc3)c2)=NC1c1cc2nc(-c3ccccc3)cc(-c3ccccc3)c2c2ccccc12. The molecule has 1 atom stereocenters. The maximum atomic E-state index is 5.53. The highest BCUT2D eigenvalue weighted by Crippen LogP contribution is 2.41. The molecule has 3 heteroatoms. The highest BCUT2D eigenvalue weighted by Gasteiger charge is 2.24. The molecule has 8 aromatic carbocycles. The fourth-order valence-electron chi connectivity index (χ4n) is 7.96. The lowest BCUT2D eigenvalue weighted by atomic mass is 9.89. The number of hydrogen-bond donors (Lipinski definition) is 1. The molecule has 1 aliphatic rings. The monoisotopic (exact) mass is 715 g/mol. The molecule has 0 spiro atoms. The first-order valence-corrected chi connectivity index (χ1v) is 19.1. The zero-order valence-corrected chi connectivity index (χ0v) is 30.7. The van der Waals surface area contributed by atoms with Crippen LogP contribution < -0.4 is 5.32 Å². The molecule has 1 aromatic heterocycles. The molecule has 264 valence electrons. The van der Waals surface area contributed by atoms with Crippen LogP contribution in [0.2, 0.25) is 0 Å². The quantitative estimate of drug-likeness (QED) is 0.167. The largest absolute Gasteiger partial charge is 0.340 e. The van der Waals surface area contributed by atoms with E-state index in [4.69, 9.17) is 9.98 Å². The topological polar surface area (TPSA) is 37.3 Å². The van der Waals surface area contributed by atoms with Crippen LogP contribution in [0.25, 0.3) is 72.0 Å². The van der Waals surface area contributed by atoms with Crippen molar-refractivity contribution in [1.29, 1.82) is 0 Å². The lowest BCUT2D eigenvalue weighted by Gasteiger charge is -2.25. The van der Waals surface area contributed by atoms with Crippen molar-refractivity contribution in [2.45, 2.75) is 6.04 Å². The summed E-state index contributed by atoms with van der Waals surface area (Å²) in [4.78, 5) is 10.9. The van der Waals surface area contributed by atoms with Crippen molar-refractivity contribution in [3.63, 3.8) is 0 Å². The van der Waals surface area contributed by atoms with E-state index < -0.39 is 0 Å². The van der Waals surface area contributed by atoms with Gasteiger partial charge in [-0.3, -0.25) is 4.99 Å². The van der Waals surface area contributed by atoms with E-state index in [0.717, 1.165) is 72.3 Å². The Morgan fingerprint density at radius 2 is 0.893 bits per heavy atom. The van der Waals surface area contributed by atoms with Gasteiger partial charge in [-0.2, -0.15) is 0 Å². The molecule has 1 aliphatic heterocycles. The summed E-state index contributed by atoms with van der Waals surface area (Å²) in [5.41, 5.74) is 14.2. The number of fused-ring (bicyclic) bond motifs is 3. The first-order chi connectivity index (χ1) is 27.7. The molecule has 1 N–H and O–H groups in total. The van der Waals surface area contributed by atoms with Crippen LogP contribution in [-0.4, -0.2) is 10.8 Å². The Kier molecular flexibility index (Phi) is 8.58. The summed E-state index contributed by atoms with van der Waals surface area (Å²) < 4.78 is 0. The first-order valence-electron chi connectivity index (χ1n) is 19.1. The van der Waals surface area contributed by atoms with Crippen LogP contribution in [-0.2, 0) is 0 Å². The smallest absolute Gasteiger partial charge is 0.133 e. The molecule has 0 bridgehead atoms. The Morgan fingerprint density at radius 1 is 0.393 bits per heavy atom. The number of pyridine rings is 1. The Balaban J connectivity index is 1.20. The van der Waals surface area contributed by atoms with E-state index in [-0.39, 0.29) is 6.04 Å². The van der Waals surface area contributed by atoms with Crippen LogP contribution >= 0.6 is 0 Å². The van der Waals surface area contributed by atoms with Crippen LogP contribution in [0.3, 0.4) is 0 Å². The fourth-order valence-corrected chi connectivity index (χ4v) is 7.96. The van der Waals surface area contributed by atoms with Gasteiger partial charge in [0.15, 0.2) is 0 Å². The van der Waals surface area contributed by atoms with E-state index in [1.807, 2.05) is 0 Å². The molecule has 0 radical (unpaired) electrons. The Hall–Kier alpha value is -7.36. The zero-order chi connectivity index (χ0) is 37.3. The van der Waals surface area contributed by atoms with Gasteiger partial charge in [-0.05, 0) is 85.6 Å². The number of hydrogen-bond acceptors (Lipinski definition) is 3. The molecule has 0 saturated heterocycles. The zero-order valence-electron chi connectivity index (χ0n) is 30.7. The molecule has 2 heterocycles. The average Bonchev–Trinajstić information content (AvgIpc) is 3.29. The number of nitrogens with one attached hydrogen (secondary N) is 1. The van der Waals surface area contributed by atoms with Gasteiger partial charge in [-0.15, -0.1) is 0 Å². The summed E-state index contributed by atoms with van der Waals surface area (Å²) in [5.74, 6) is 0.829. The average molecular weight is 716 g/mol. The summed E-state index contributed by atoms with van der Waals surface area (Å²) >= 11 is 0. The van der Waals surface area contributed by atoms with Gasteiger partial charge in [-0.25, -0.2) is 4.98 Å². The normalized spacial score (nSPS) is 13.9. The van der Waals surface area contributed by atoms with E-state index in [0.29, 0.717) is 0 Å². The van der Waals surface area contributed by atoms with Gasteiger partial charge in [0, 0.05) is 22.2 Å². The van der Waals surface area contributed by atoms with Gasteiger partial charge in [0.05, 0.1) is 17.3 Å². The molecule has 1 unspecified atom stereocenters. The summed E-state index contributed by atoms with van der Waals surface area (Å²) in [6.07, 6.45) is 2.28. The number of aliphatic imine (C=N–C) groups is 1. The number of rotatable bonds is 7. The van der Waals surface area contributed by atoms with Gasteiger partial charge in [-0.1, -0.05) is 182 Å².